The van der Waals surface area contributed by atoms with Gasteiger partial charge in [-0.3, -0.25) is 0 Å². The average Bonchev–Trinajstić information content (AvgIpc) is 3.69. The largest absolute Gasteiger partial charge is 0.573 e. The van der Waals surface area contributed by atoms with Gasteiger partial charge in [-0.25, -0.2) is 14.5 Å². The minimum atomic E-state index is -4.74. The summed E-state index contributed by atoms with van der Waals surface area (Å²) < 4.78 is 42.7. The van der Waals surface area contributed by atoms with E-state index in [0.717, 1.165) is 47.1 Å². The van der Waals surface area contributed by atoms with Crippen molar-refractivity contribution in [2.24, 2.45) is 4.99 Å². The first-order valence-corrected chi connectivity index (χ1v) is 16.2. The second kappa shape index (κ2) is 14.4. The van der Waals surface area contributed by atoms with E-state index in [0.29, 0.717) is 24.0 Å². The van der Waals surface area contributed by atoms with Crippen LogP contribution >= 0.6 is 11.8 Å². The van der Waals surface area contributed by atoms with E-state index >= 15 is 0 Å². The molecule has 2 heterocycles. The summed E-state index contributed by atoms with van der Waals surface area (Å²) in [6.07, 6.45) is -1.53. The highest BCUT2D eigenvalue weighted by Crippen LogP contribution is 2.34. The standard InChI is InChI=1S/C34H37F3N6O2S/c1-22(2)30-24(4)7-5-9-29(30)42-19-20-46-33(42)40-32(44)38-18-6-8-23(3)25-10-12-26(13-11-25)31-39-21-43(41-31)27-14-16-28(17-15-27)45-34(35,36)37/h5,7,9-17,21-23H,6,8,18-20H2,1-4H3,(H,38,44)/b40-33-. The van der Waals surface area contributed by atoms with Gasteiger partial charge in [-0.2, -0.15) is 4.99 Å². The number of aromatic nitrogens is 3. The number of nitrogens with zero attached hydrogens (tertiary/aromatic N) is 5. The number of anilines is 1. The number of rotatable bonds is 10. The van der Waals surface area contributed by atoms with Gasteiger partial charge in [0.1, 0.15) is 12.1 Å². The highest BCUT2D eigenvalue weighted by atomic mass is 32.2. The van der Waals surface area contributed by atoms with E-state index in [1.54, 1.807) is 11.8 Å². The van der Waals surface area contributed by atoms with Gasteiger partial charge >= 0.3 is 12.4 Å². The van der Waals surface area contributed by atoms with E-state index in [4.69, 9.17) is 0 Å². The molecule has 1 fully saturated rings. The third-order valence-electron chi connectivity index (χ3n) is 7.80. The maximum absolute atomic E-state index is 12.7. The Balaban J connectivity index is 1.11. The van der Waals surface area contributed by atoms with Crippen LogP contribution in [0.3, 0.4) is 0 Å². The van der Waals surface area contributed by atoms with Crippen LogP contribution in [-0.4, -0.2) is 51.2 Å². The maximum atomic E-state index is 12.7. The Hall–Kier alpha value is -4.32. The molecular weight excluding hydrogens is 613 g/mol. The van der Waals surface area contributed by atoms with Crippen molar-refractivity contribution in [2.75, 3.05) is 23.7 Å². The lowest BCUT2D eigenvalue weighted by atomic mass is 9.95. The molecule has 8 nitrogen and oxygen atoms in total. The molecule has 1 N–H and O–H groups in total. The van der Waals surface area contributed by atoms with Crippen LogP contribution in [0, 0.1) is 6.92 Å². The summed E-state index contributed by atoms with van der Waals surface area (Å²) in [5, 5.41) is 8.16. The topological polar surface area (TPSA) is 84.6 Å². The minimum absolute atomic E-state index is 0.275. The second-order valence-electron chi connectivity index (χ2n) is 11.5. The first-order valence-electron chi connectivity index (χ1n) is 15.2. The van der Waals surface area contributed by atoms with Gasteiger partial charge in [-0.1, -0.05) is 68.9 Å². The summed E-state index contributed by atoms with van der Waals surface area (Å²) >= 11 is 1.61. The quantitative estimate of drug-likeness (QED) is 0.173. The van der Waals surface area contributed by atoms with Gasteiger partial charge in [0.05, 0.1) is 5.69 Å². The van der Waals surface area contributed by atoms with Crippen LogP contribution < -0.4 is 15.0 Å². The van der Waals surface area contributed by atoms with Gasteiger partial charge in [0.2, 0.25) is 0 Å². The maximum Gasteiger partial charge on any atom is 0.573 e. The predicted molar refractivity (Wildman–Crippen MR) is 177 cm³/mol. The van der Waals surface area contributed by atoms with E-state index in [9.17, 15) is 18.0 Å². The molecule has 1 unspecified atom stereocenters. The third-order valence-corrected chi connectivity index (χ3v) is 8.75. The number of hydrogen-bond acceptors (Lipinski definition) is 5. The molecule has 12 heteroatoms. The van der Waals surface area contributed by atoms with Gasteiger partial charge < -0.3 is 15.0 Å². The molecule has 0 saturated carbocycles. The Kier molecular flexibility index (Phi) is 10.4. The fourth-order valence-electron chi connectivity index (χ4n) is 5.55. The minimum Gasteiger partial charge on any atom is -0.406 e. The number of aliphatic imine (C=N–C) groups is 1. The molecule has 1 aliphatic heterocycles. The van der Waals surface area contributed by atoms with Gasteiger partial charge in [0.15, 0.2) is 11.0 Å². The highest BCUT2D eigenvalue weighted by molar-refractivity contribution is 8.14. The van der Waals surface area contributed by atoms with Crippen molar-refractivity contribution in [3.63, 3.8) is 0 Å². The number of halogens is 3. The normalized spacial score (nSPS) is 15.0. The molecular formula is C34H37F3N6O2S. The van der Waals surface area contributed by atoms with Gasteiger partial charge in [0, 0.05) is 30.1 Å². The second-order valence-corrected chi connectivity index (χ2v) is 12.6. The summed E-state index contributed by atoms with van der Waals surface area (Å²) in [5.74, 6) is 1.74. The molecule has 1 aliphatic rings. The van der Waals surface area contributed by atoms with Crippen LogP contribution in [0.1, 0.15) is 62.1 Å². The van der Waals surface area contributed by atoms with Crippen LogP contribution in [0.25, 0.3) is 17.1 Å². The molecule has 5 rings (SSSR count). The molecule has 2 amide bonds. The van der Waals surface area contributed by atoms with E-state index in [2.05, 4.69) is 75.9 Å². The Labute approximate surface area is 271 Å². The lowest BCUT2D eigenvalue weighted by Gasteiger charge is -2.24. The fourth-order valence-corrected chi connectivity index (χ4v) is 6.50. The van der Waals surface area contributed by atoms with Crippen molar-refractivity contribution in [3.05, 3.63) is 89.7 Å². The van der Waals surface area contributed by atoms with Crippen molar-refractivity contribution >= 4 is 28.6 Å². The number of amides is 2. The number of alkyl halides is 3. The average molecular weight is 651 g/mol. The molecule has 242 valence electrons. The Morgan fingerprint density at radius 2 is 1.80 bits per heavy atom. The zero-order chi connectivity index (χ0) is 32.8. The van der Waals surface area contributed by atoms with Crippen LogP contribution in [0.4, 0.5) is 23.7 Å². The van der Waals surface area contributed by atoms with Crippen molar-refractivity contribution in [1.82, 2.24) is 20.1 Å². The number of nitrogens with one attached hydrogen (secondary N) is 1. The molecule has 0 bridgehead atoms. The number of urea groups is 1. The first kappa shape index (κ1) is 33.1. The molecule has 1 atom stereocenters. The highest BCUT2D eigenvalue weighted by Gasteiger charge is 2.31. The Morgan fingerprint density at radius 3 is 2.50 bits per heavy atom. The molecule has 1 saturated heterocycles. The molecule has 0 aliphatic carbocycles. The van der Waals surface area contributed by atoms with Crippen molar-refractivity contribution in [2.45, 2.75) is 58.7 Å². The van der Waals surface area contributed by atoms with E-state index in [1.807, 2.05) is 24.3 Å². The Morgan fingerprint density at radius 1 is 1.07 bits per heavy atom. The van der Waals surface area contributed by atoms with Gasteiger partial charge in [-0.05, 0) is 78.6 Å². The molecule has 4 aromatic rings. The summed E-state index contributed by atoms with van der Waals surface area (Å²) in [5.41, 5.74) is 6.20. The zero-order valence-electron chi connectivity index (χ0n) is 26.2. The number of amidine groups is 1. The first-order chi connectivity index (χ1) is 22.0. The monoisotopic (exact) mass is 650 g/mol. The Bertz CT molecular complexity index is 1670. The number of ether oxygens (including phenoxy) is 1. The van der Waals surface area contributed by atoms with Crippen LogP contribution in [-0.2, 0) is 0 Å². The molecule has 46 heavy (non-hydrogen) atoms. The lowest BCUT2D eigenvalue weighted by molar-refractivity contribution is -0.274. The van der Waals surface area contributed by atoms with Crippen LogP contribution in [0.2, 0.25) is 0 Å². The number of hydrogen-bond donors (Lipinski definition) is 1. The third kappa shape index (κ3) is 8.28. The van der Waals surface area contributed by atoms with Crippen molar-refractivity contribution in [3.8, 4) is 22.8 Å². The molecule has 0 spiro atoms. The lowest BCUT2D eigenvalue weighted by Crippen LogP contribution is -2.29. The predicted octanol–water partition coefficient (Wildman–Crippen LogP) is 8.47. The zero-order valence-corrected chi connectivity index (χ0v) is 27.0. The van der Waals surface area contributed by atoms with Crippen LogP contribution in [0.15, 0.2) is 78.0 Å². The number of benzene rings is 3. The van der Waals surface area contributed by atoms with E-state index in [1.165, 1.54) is 46.4 Å². The van der Waals surface area contributed by atoms with Crippen molar-refractivity contribution < 1.29 is 22.7 Å². The van der Waals surface area contributed by atoms with E-state index in [-0.39, 0.29) is 17.7 Å². The number of aryl methyl sites for hydroxylation is 1. The number of carbonyl (C=O) groups excluding carboxylic acids is 1. The van der Waals surface area contributed by atoms with Gasteiger partial charge in [-0.15, -0.1) is 18.3 Å². The molecule has 1 aromatic heterocycles. The summed E-state index contributed by atoms with van der Waals surface area (Å²) in [6.45, 7) is 10.0. The van der Waals surface area contributed by atoms with E-state index < -0.39 is 6.36 Å². The van der Waals surface area contributed by atoms with Crippen molar-refractivity contribution in [1.29, 1.82) is 0 Å². The summed E-state index contributed by atoms with van der Waals surface area (Å²) in [7, 11) is 0. The van der Waals surface area contributed by atoms with Crippen LogP contribution in [0.5, 0.6) is 5.75 Å². The summed E-state index contributed by atoms with van der Waals surface area (Å²) in [6, 6.07) is 19.4. The molecule has 3 aromatic carbocycles. The van der Waals surface area contributed by atoms with Gasteiger partial charge in [0.25, 0.3) is 0 Å². The smallest absolute Gasteiger partial charge is 0.406 e. The number of thioether (sulfide) groups is 1. The summed E-state index contributed by atoms with van der Waals surface area (Å²) in [4.78, 5) is 23.6. The fraction of sp³-hybridized carbons (Fsp3) is 0.353. The molecule has 0 radical (unpaired) electrons. The SMILES string of the molecule is Cc1cccc(N2CCS/C2=N\C(=O)NCCCC(C)c2ccc(-c3ncn(-c4ccc(OC(F)(F)F)cc4)n3)cc2)c1C(C)C. The number of carbonyl (C=O) groups is 1.